The lowest BCUT2D eigenvalue weighted by atomic mass is 9.94. The summed E-state index contributed by atoms with van der Waals surface area (Å²) >= 11 is 0. The van der Waals surface area contributed by atoms with Crippen molar-refractivity contribution >= 4 is 41.9 Å². The normalized spacial score (nSPS) is 14.4. The van der Waals surface area contributed by atoms with Crippen LogP contribution in [0.25, 0.3) is 10.9 Å². The molecule has 1 aromatic heterocycles. The molecule has 128 valence electrons. The number of nitrogens with zero attached hydrogens (tertiary/aromatic N) is 2. The quantitative estimate of drug-likeness (QED) is 0.667. The fourth-order valence-electron chi connectivity index (χ4n) is 2.81. The van der Waals surface area contributed by atoms with Crippen molar-refractivity contribution < 1.29 is 14.3 Å². The van der Waals surface area contributed by atoms with Crippen LogP contribution >= 0.6 is 0 Å². The number of hydrogen-bond acceptors (Lipinski definition) is 5. The number of amides is 1. The number of fused-ring (bicyclic) bond motifs is 1. The number of carbonyl (C=O) groups excluding carboxylic acids is 2. The summed E-state index contributed by atoms with van der Waals surface area (Å²) in [4.78, 5) is 28.0. The number of benzene rings is 1. The molecular weight excluding hydrogens is 317 g/mol. The van der Waals surface area contributed by atoms with E-state index in [2.05, 4.69) is 10.4 Å². The van der Waals surface area contributed by atoms with Crippen molar-refractivity contribution in [3.63, 3.8) is 0 Å². The lowest BCUT2D eigenvalue weighted by molar-refractivity contribution is -0.142. The zero-order chi connectivity index (χ0) is 18.1. The van der Waals surface area contributed by atoms with E-state index in [1.165, 1.54) is 6.92 Å². The first kappa shape index (κ1) is 17.0. The van der Waals surface area contributed by atoms with Gasteiger partial charge in [0.2, 0.25) is 0 Å². The molecule has 0 saturated carbocycles. The molecule has 2 heterocycles. The van der Waals surface area contributed by atoms with Gasteiger partial charge in [-0.1, -0.05) is 17.6 Å². The average Bonchev–Trinajstić information content (AvgIpc) is 2.79. The maximum Gasteiger partial charge on any atom is 0.302 e. The van der Waals surface area contributed by atoms with Crippen molar-refractivity contribution in [1.29, 1.82) is 0 Å². The smallest absolute Gasteiger partial charge is 0.302 e. The fourth-order valence-corrected chi connectivity index (χ4v) is 2.81. The molecule has 0 radical (unpaired) electrons. The van der Waals surface area contributed by atoms with Gasteiger partial charge in [-0.15, -0.1) is 0 Å². The van der Waals surface area contributed by atoms with Crippen LogP contribution < -0.4 is 10.9 Å². The van der Waals surface area contributed by atoms with Gasteiger partial charge in [0, 0.05) is 23.4 Å². The largest absolute Gasteiger partial charge is 0.461 e. The molecule has 0 atom stereocenters. The lowest BCUT2D eigenvalue weighted by Crippen LogP contribution is -2.33. The summed E-state index contributed by atoms with van der Waals surface area (Å²) in [5.74, 6) is 0.165. The van der Waals surface area contributed by atoms with Crippen molar-refractivity contribution in [3.8, 4) is 0 Å². The van der Waals surface area contributed by atoms with Crippen LogP contribution in [0, 0.1) is 0 Å². The second-order valence-electron chi connectivity index (χ2n) is 6.38. The molecule has 1 N–H and O–H groups in total. The second-order valence-corrected chi connectivity index (χ2v) is 6.38. The highest BCUT2D eigenvalue weighted by Gasteiger charge is 2.25. The summed E-state index contributed by atoms with van der Waals surface area (Å²) in [6, 6.07) is 7.75. The number of nitrogens with one attached hydrogen (secondary N) is 1. The van der Waals surface area contributed by atoms with Crippen molar-refractivity contribution in [3.05, 3.63) is 41.0 Å². The van der Waals surface area contributed by atoms with E-state index in [0.717, 1.165) is 33.1 Å². The van der Waals surface area contributed by atoms with Gasteiger partial charge in [-0.2, -0.15) is 0 Å². The van der Waals surface area contributed by atoms with Gasteiger partial charge >= 0.3 is 5.97 Å². The number of anilines is 1. The lowest BCUT2D eigenvalue weighted by Gasteiger charge is -2.20. The zero-order valence-corrected chi connectivity index (χ0v) is 14.8. The van der Waals surface area contributed by atoms with E-state index in [1.54, 1.807) is 5.01 Å². The predicted molar refractivity (Wildman–Crippen MR) is 99.1 cm³/mol. The van der Waals surface area contributed by atoms with E-state index in [0.29, 0.717) is 12.4 Å². The van der Waals surface area contributed by atoms with Crippen LogP contribution in [0.3, 0.4) is 0 Å². The Hall–Kier alpha value is -2.83. The molecule has 1 aliphatic rings. The Morgan fingerprint density at radius 2 is 2.12 bits per heavy atom. The Bertz CT molecular complexity index is 908. The molecule has 0 unspecified atom stereocenters. The van der Waals surface area contributed by atoms with Crippen LogP contribution in [0.2, 0.25) is 0 Å². The average molecular weight is 337 g/mol. The SMILES string of the molecule is Bc1ccc2c(COC(C)=O)cc(NN3CC(C)=C(C)C3=O)nc2c1. The first-order chi connectivity index (χ1) is 11.8. The minimum absolute atomic E-state index is 0.0508. The molecule has 2 aromatic rings. The molecule has 1 aliphatic heterocycles. The number of esters is 1. The summed E-state index contributed by atoms with van der Waals surface area (Å²) in [6.45, 7) is 5.83. The molecule has 3 rings (SSSR count). The Balaban J connectivity index is 1.95. The summed E-state index contributed by atoms with van der Waals surface area (Å²) in [6.07, 6.45) is 0. The van der Waals surface area contributed by atoms with Gasteiger partial charge in [0.15, 0.2) is 0 Å². The second kappa shape index (κ2) is 6.59. The number of aromatic nitrogens is 1. The molecular formula is C18H20BN3O3. The Morgan fingerprint density at radius 1 is 1.36 bits per heavy atom. The van der Waals surface area contributed by atoms with E-state index in [1.807, 2.05) is 46.0 Å². The molecule has 0 saturated heterocycles. The molecule has 1 aromatic carbocycles. The number of pyridine rings is 1. The first-order valence-corrected chi connectivity index (χ1v) is 8.13. The van der Waals surface area contributed by atoms with Gasteiger partial charge in [-0.05, 0) is 31.6 Å². The third-order valence-corrected chi connectivity index (χ3v) is 4.33. The maximum absolute atomic E-state index is 12.2. The Kier molecular flexibility index (Phi) is 4.48. The molecule has 0 fully saturated rings. The van der Waals surface area contributed by atoms with E-state index >= 15 is 0 Å². The number of rotatable bonds is 4. The van der Waals surface area contributed by atoms with Crippen LogP contribution in [0.15, 0.2) is 35.4 Å². The summed E-state index contributed by atoms with van der Waals surface area (Å²) < 4.78 is 5.16. The molecule has 1 amide bonds. The first-order valence-electron chi connectivity index (χ1n) is 8.13. The Morgan fingerprint density at radius 3 is 2.76 bits per heavy atom. The molecule has 25 heavy (non-hydrogen) atoms. The molecule has 6 nitrogen and oxygen atoms in total. The van der Waals surface area contributed by atoms with Gasteiger partial charge in [0.05, 0.1) is 12.1 Å². The highest BCUT2D eigenvalue weighted by atomic mass is 16.5. The number of hydrogen-bond donors (Lipinski definition) is 1. The number of carbonyl (C=O) groups is 2. The third-order valence-electron chi connectivity index (χ3n) is 4.33. The van der Waals surface area contributed by atoms with Crippen LogP contribution in [0.4, 0.5) is 5.82 Å². The fraction of sp³-hybridized carbons (Fsp3) is 0.278. The standard InChI is InChI=1S/C18H20BN3O3/c1-10-8-22(18(24)11(10)2)21-17-6-13(9-25-12(3)23)15-5-4-14(19)7-16(15)20-17/h4-7H,8-9,19H2,1-3H3,(H,20,21). The maximum atomic E-state index is 12.2. The summed E-state index contributed by atoms with van der Waals surface area (Å²) in [5, 5.41) is 2.47. The number of hydrazine groups is 1. The highest BCUT2D eigenvalue weighted by molar-refractivity contribution is 6.33. The minimum atomic E-state index is -0.336. The van der Waals surface area contributed by atoms with Crippen LogP contribution in [-0.4, -0.2) is 36.3 Å². The Labute approximate surface area is 147 Å². The van der Waals surface area contributed by atoms with Gasteiger partial charge in [-0.25, -0.2) is 9.99 Å². The zero-order valence-electron chi connectivity index (χ0n) is 14.8. The molecule has 7 heteroatoms. The van der Waals surface area contributed by atoms with Crippen LogP contribution in [0.1, 0.15) is 26.3 Å². The van der Waals surface area contributed by atoms with E-state index in [-0.39, 0.29) is 18.5 Å². The van der Waals surface area contributed by atoms with Gasteiger partial charge in [0.1, 0.15) is 20.3 Å². The monoisotopic (exact) mass is 337 g/mol. The summed E-state index contributed by atoms with van der Waals surface area (Å²) in [5.41, 5.74) is 7.59. The van der Waals surface area contributed by atoms with E-state index in [9.17, 15) is 9.59 Å². The van der Waals surface area contributed by atoms with Crippen molar-refractivity contribution in [1.82, 2.24) is 9.99 Å². The predicted octanol–water partition coefficient (Wildman–Crippen LogP) is 1.06. The molecule has 0 bridgehead atoms. The van der Waals surface area contributed by atoms with Crippen molar-refractivity contribution in [2.75, 3.05) is 12.0 Å². The van der Waals surface area contributed by atoms with Crippen molar-refractivity contribution in [2.45, 2.75) is 27.4 Å². The third kappa shape index (κ3) is 3.50. The van der Waals surface area contributed by atoms with Crippen LogP contribution in [-0.2, 0) is 20.9 Å². The van der Waals surface area contributed by atoms with Gasteiger partial charge in [0.25, 0.3) is 5.91 Å². The van der Waals surface area contributed by atoms with Gasteiger partial charge in [-0.3, -0.25) is 15.0 Å². The number of ether oxygens (including phenoxy) is 1. The topological polar surface area (TPSA) is 71.5 Å². The minimum Gasteiger partial charge on any atom is -0.461 e. The van der Waals surface area contributed by atoms with Crippen molar-refractivity contribution in [2.24, 2.45) is 0 Å². The highest BCUT2D eigenvalue weighted by Crippen LogP contribution is 2.23. The molecule has 0 spiro atoms. The van der Waals surface area contributed by atoms with Gasteiger partial charge < -0.3 is 4.74 Å². The van der Waals surface area contributed by atoms with E-state index in [4.69, 9.17) is 4.74 Å². The van der Waals surface area contributed by atoms with E-state index < -0.39 is 0 Å². The van der Waals surface area contributed by atoms with Crippen LogP contribution in [0.5, 0.6) is 0 Å². The molecule has 0 aliphatic carbocycles. The summed E-state index contributed by atoms with van der Waals surface area (Å²) in [7, 11) is 1.99.